The molecule has 2 aromatic carbocycles. The Morgan fingerprint density at radius 1 is 1.10 bits per heavy atom. The summed E-state index contributed by atoms with van der Waals surface area (Å²) in [6, 6.07) is 15.9. The first-order chi connectivity index (χ1) is 10.2. The molecule has 0 radical (unpaired) electrons. The van der Waals surface area contributed by atoms with Crippen molar-refractivity contribution in [3.63, 3.8) is 0 Å². The average molecular weight is 343 g/mol. The lowest BCUT2D eigenvalue weighted by Crippen LogP contribution is -2.47. The minimum absolute atomic E-state index is 0.820. The van der Waals surface area contributed by atoms with Crippen LogP contribution in [0.1, 0.15) is 23.1 Å². The van der Waals surface area contributed by atoms with Crippen molar-refractivity contribution >= 4 is 21.8 Å². The first-order valence-corrected chi connectivity index (χ1v) is 7.91. The number of amidine groups is 1. The van der Waals surface area contributed by atoms with Crippen molar-refractivity contribution in [2.45, 2.75) is 12.1 Å². The van der Waals surface area contributed by atoms with Crippen molar-refractivity contribution in [2.24, 2.45) is 4.99 Å². The molecule has 21 heavy (non-hydrogen) atoms. The van der Waals surface area contributed by atoms with Crippen LogP contribution in [0.2, 0.25) is 0 Å². The number of hydrogen-bond acceptors (Lipinski definition) is 3. The summed E-state index contributed by atoms with van der Waals surface area (Å²) in [5.41, 5.74) is 1.73. The smallest absolute Gasteiger partial charge is 0.193 e. The van der Waals surface area contributed by atoms with Crippen molar-refractivity contribution in [3.05, 3.63) is 69.7 Å². The molecule has 0 saturated heterocycles. The maximum absolute atomic E-state index is 11.5. The molecule has 2 heterocycles. The van der Waals surface area contributed by atoms with Gasteiger partial charge in [0.05, 0.1) is 0 Å². The first kappa shape index (κ1) is 13.0. The quantitative estimate of drug-likeness (QED) is 0.864. The van der Waals surface area contributed by atoms with Crippen LogP contribution in [0.3, 0.4) is 0 Å². The maximum atomic E-state index is 11.5. The third-order valence-electron chi connectivity index (χ3n) is 4.24. The molecule has 2 aliphatic rings. The summed E-state index contributed by atoms with van der Waals surface area (Å²) >= 11 is 3.45. The zero-order valence-corrected chi connectivity index (χ0v) is 13.0. The molecule has 4 heteroatoms. The predicted molar refractivity (Wildman–Crippen MR) is 86.3 cm³/mol. The summed E-state index contributed by atoms with van der Waals surface area (Å²) in [5.74, 6) is 0.919. The van der Waals surface area contributed by atoms with E-state index >= 15 is 0 Å². The molecular formula is C17H15BrN2O. The highest BCUT2D eigenvalue weighted by molar-refractivity contribution is 9.10. The fourth-order valence-corrected chi connectivity index (χ4v) is 3.54. The van der Waals surface area contributed by atoms with Crippen molar-refractivity contribution in [1.29, 1.82) is 0 Å². The molecule has 0 aliphatic carbocycles. The highest BCUT2D eigenvalue weighted by Gasteiger charge is 2.48. The van der Waals surface area contributed by atoms with Crippen LogP contribution in [-0.2, 0) is 5.72 Å². The van der Waals surface area contributed by atoms with Gasteiger partial charge in [-0.25, -0.2) is 0 Å². The monoisotopic (exact) mass is 342 g/mol. The van der Waals surface area contributed by atoms with E-state index in [0.29, 0.717) is 0 Å². The number of fused-ring (bicyclic) bond motifs is 3. The minimum Gasteiger partial charge on any atom is -0.363 e. The standard InChI is InChI=1S/C17H15BrN2O/c18-13-8-6-12(7-9-13)17(21)15-5-2-1-4-14(15)16-19-10-3-11-20(16)17/h1-2,4-9,21H,3,10-11H2. The Hall–Kier alpha value is -1.65. The fourth-order valence-electron chi connectivity index (χ4n) is 3.27. The topological polar surface area (TPSA) is 35.8 Å². The molecule has 2 aliphatic heterocycles. The molecule has 2 aromatic rings. The number of benzene rings is 2. The van der Waals surface area contributed by atoms with E-state index in [1.807, 2.05) is 53.4 Å². The minimum atomic E-state index is -1.11. The van der Waals surface area contributed by atoms with Gasteiger partial charge in [0, 0.05) is 34.3 Å². The van der Waals surface area contributed by atoms with Gasteiger partial charge in [-0.2, -0.15) is 0 Å². The van der Waals surface area contributed by atoms with Gasteiger partial charge >= 0.3 is 0 Å². The van der Waals surface area contributed by atoms with Gasteiger partial charge < -0.3 is 10.0 Å². The molecule has 3 nitrogen and oxygen atoms in total. The zero-order valence-electron chi connectivity index (χ0n) is 11.5. The lowest BCUT2D eigenvalue weighted by atomic mass is 9.94. The average Bonchev–Trinajstić information content (AvgIpc) is 2.80. The summed E-state index contributed by atoms with van der Waals surface area (Å²) in [7, 11) is 0. The Labute approximate surface area is 132 Å². The van der Waals surface area contributed by atoms with Crippen LogP contribution in [0.4, 0.5) is 0 Å². The molecule has 1 unspecified atom stereocenters. The molecule has 0 spiro atoms. The van der Waals surface area contributed by atoms with Crippen LogP contribution in [0.25, 0.3) is 0 Å². The van der Waals surface area contributed by atoms with Crippen molar-refractivity contribution in [2.75, 3.05) is 13.1 Å². The summed E-state index contributed by atoms with van der Waals surface area (Å²) in [6.45, 7) is 1.65. The fraction of sp³-hybridized carbons (Fsp3) is 0.235. The molecule has 0 amide bonds. The number of rotatable bonds is 1. The second-order valence-electron chi connectivity index (χ2n) is 5.44. The van der Waals surface area contributed by atoms with Gasteiger partial charge in [0.2, 0.25) is 0 Å². The molecule has 1 atom stereocenters. The number of aliphatic hydroxyl groups is 1. The summed E-state index contributed by atoms with van der Waals surface area (Å²) < 4.78 is 1.01. The molecule has 1 N–H and O–H groups in total. The Kier molecular flexibility index (Phi) is 2.91. The number of nitrogens with zero attached hydrogens (tertiary/aromatic N) is 2. The van der Waals surface area contributed by atoms with E-state index in [9.17, 15) is 5.11 Å². The lowest BCUT2D eigenvalue weighted by molar-refractivity contribution is -0.0317. The van der Waals surface area contributed by atoms with E-state index in [1.54, 1.807) is 0 Å². The Morgan fingerprint density at radius 3 is 2.67 bits per heavy atom. The van der Waals surface area contributed by atoms with Gasteiger partial charge in [0.15, 0.2) is 5.72 Å². The van der Waals surface area contributed by atoms with Gasteiger partial charge in [-0.3, -0.25) is 4.99 Å². The van der Waals surface area contributed by atoms with Crippen LogP contribution < -0.4 is 0 Å². The largest absolute Gasteiger partial charge is 0.363 e. The van der Waals surface area contributed by atoms with Crippen LogP contribution in [-0.4, -0.2) is 28.9 Å². The second kappa shape index (κ2) is 4.68. The van der Waals surface area contributed by atoms with E-state index in [4.69, 9.17) is 0 Å². The molecule has 0 fully saturated rings. The van der Waals surface area contributed by atoms with Gasteiger partial charge in [-0.05, 0) is 18.6 Å². The van der Waals surface area contributed by atoms with Gasteiger partial charge in [-0.15, -0.1) is 0 Å². The van der Waals surface area contributed by atoms with Crippen LogP contribution in [0, 0.1) is 0 Å². The lowest BCUT2D eigenvalue weighted by Gasteiger charge is -2.37. The van der Waals surface area contributed by atoms with Crippen LogP contribution in [0.15, 0.2) is 58.0 Å². The maximum Gasteiger partial charge on any atom is 0.193 e. The summed E-state index contributed by atoms with van der Waals surface area (Å²) in [5, 5.41) is 11.5. The Balaban J connectivity index is 1.96. The van der Waals surface area contributed by atoms with Crippen LogP contribution in [0.5, 0.6) is 0 Å². The van der Waals surface area contributed by atoms with E-state index in [0.717, 1.165) is 46.5 Å². The van der Waals surface area contributed by atoms with E-state index in [-0.39, 0.29) is 0 Å². The predicted octanol–water partition coefficient (Wildman–Crippen LogP) is 3.11. The summed E-state index contributed by atoms with van der Waals surface area (Å²) in [4.78, 5) is 6.68. The van der Waals surface area contributed by atoms with E-state index in [2.05, 4.69) is 20.9 Å². The zero-order chi connectivity index (χ0) is 14.4. The first-order valence-electron chi connectivity index (χ1n) is 7.11. The SMILES string of the molecule is OC1(c2ccc(Br)cc2)c2ccccc2C2=NCCCN21. The normalized spacial score (nSPS) is 23.5. The molecule has 106 valence electrons. The summed E-state index contributed by atoms with van der Waals surface area (Å²) in [6.07, 6.45) is 0.969. The van der Waals surface area contributed by atoms with Crippen molar-refractivity contribution in [3.8, 4) is 0 Å². The number of aliphatic imine (C=N–C) groups is 1. The van der Waals surface area contributed by atoms with E-state index in [1.165, 1.54) is 0 Å². The third-order valence-corrected chi connectivity index (χ3v) is 4.77. The van der Waals surface area contributed by atoms with Crippen LogP contribution >= 0.6 is 15.9 Å². The number of halogens is 1. The Bertz CT molecular complexity index is 726. The molecule has 4 rings (SSSR count). The Morgan fingerprint density at radius 2 is 1.86 bits per heavy atom. The highest BCUT2D eigenvalue weighted by Crippen LogP contribution is 2.43. The van der Waals surface area contributed by atoms with Crippen molar-refractivity contribution < 1.29 is 5.11 Å². The molecule has 0 saturated carbocycles. The molecule has 0 bridgehead atoms. The van der Waals surface area contributed by atoms with E-state index < -0.39 is 5.72 Å². The third kappa shape index (κ3) is 1.79. The molecular weight excluding hydrogens is 328 g/mol. The van der Waals surface area contributed by atoms with Gasteiger partial charge in [0.25, 0.3) is 0 Å². The van der Waals surface area contributed by atoms with Crippen molar-refractivity contribution in [1.82, 2.24) is 4.90 Å². The second-order valence-corrected chi connectivity index (χ2v) is 6.35. The number of hydrogen-bond donors (Lipinski definition) is 1. The molecule has 0 aromatic heterocycles. The van der Waals surface area contributed by atoms with Gasteiger partial charge in [-0.1, -0.05) is 52.3 Å². The van der Waals surface area contributed by atoms with Gasteiger partial charge in [0.1, 0.15) is 5.84 Å². The highest BCUT2D eigenvalue weighted by atomic mass is 79.9.